The molecular formula is C23H28FN3O3S2. The fourth-order valence-corrected chi connectivity index (χ4v) is 6.33. The summed E-state index contributed by atoms with van der Waals surface area (Å²) in [6, 6.07) is 11.4. The summed E-state index contributed by atoms with van der Waals surface area (Å²) in [5, 5.41) is 0. The molecule has 2 aromatic carbocycles. The minimum atomic E-state index is -3.76. The zero-order chi connectivity index (χ0) is 22.7. The van der Waals surface area contributed by atoms with E-state index in [0.717, 1.165) is 24.2 Å². The van der Waals surface area contributed by atoms with E-state index in [4.69, 9.17) is 0 Å². The lowest BCUT2D eigenvalue weighted by Crippen LogP contribution is -2.49. The van der Waals surface area contributed by atoms with Crippen molar-refractivity contribution < 1.29 is 17.6 Å². The highest BCUT2D eigenvalue weighted by atomic mass is 32.2. The molecule has 0 N–H and O–H groups in total. The first-order chi connectivity index (χ1) is 15.4. The molecule has 6 nitrogen and oxygen atoms in total. The van der Waals surface area contributed by atoms with Crippen LogP contribution in [0.4, 0.5) is 10.1 Å². The van der Waals surface area contributed by atoms with E-state index >= 15 is 0 Å². The number of hydrogen-bond acceptors (Lipinski definition) is 5. The second-order valence-electron chi connectivity index (χ2n) is 8.06. The van der Waals surface area contributed by atoms with Crippen molar-refractivity contribution in [1.82, 2.24) is 9.21 Å². The average molecular weight is 478 g/mol. The summed E-state index contributed by atoms with van der Waals surface area (Å²) in [5.74, 6) is -0.409. The van der Waals surface area contributed by atoms with Gasteiger partial charge >= 0.3 is 0 Å². The van der Waals surface area contributed by atoms with Crippen molar-refractivity contribution in [2.45, 2.75) is 29.1 Å². The van der Waals surface area contributed by atoms with Gasteiger partial charge in [-0.15, -0.1) is 11.8 Å². The van der Waals surface area contributed by atoms with Gasteiger partial charge < -0.3 is 9.80 Å². The van der Waals surface area contributed by atoms with Crippen molar-refractivity contribution in [3.63, 3.8) is 0 Å². The fraction of sp³-hybridized carbons (Fsp3) is 0.435. The van der Waals surface area contributed by atoms with Crippen LogP contribution in [0, 0.1) is 5.82 Å². The Morgan fingerprint density at radius 2 is 1.62 bits per heavy atom. The first-order valence-corrected chi connectivity index (χ1v) is 13.6. The van der Waals surface area contributed by atoms with Crippen molar-refractivity contribution in [2.75, 3.05) is 50.4 Å². The molecule has 0 radical (unpaired) electrons. The van der Waals surface area contributed by atoms with Gasteiger partial charge in [-0.25, -0.2) is 12.8 Å². The number of piperazine rings is 1. The number of carbonyl (C=O) groups is 1. The van der Waals surface area contributed by atoms with Crippen LogP contribution in [0.15, 0.2) is 52.3 Å². The van der Waals surface area contributed by atoms with Gasteiger partial charge in [0.25, 0.3) is 5.91 Å². The lowest BCUT2D eigenvalue weighted by atomic mass is 10.1. The molecule has 0 atom stereocenters. The molecule has 0 unspecified atom stereocenters. The van der Waals surface area contributed by atoms with Gasteiger partial charge in [0.05, 0.1) is 16.1 Å². The molecule has 2 aliphatic rings. The van der Waals surface area contributed by atoms with E-state index in [2.05, 4.69) is 0 Å². The highest BCUT2D eigenvalue weighted by Crippen LogP contribution is 2.29. The van der Waals surface area contributed by atoms with E-state index in [0.29, 0.717) is 37.4 Å². The molecule has 172 valence electrons. The Kier molecular flexibility index (Phi) is 7.07. The maximum atomic E-state index is 14.1. The van der Waals surface area contributed by atoms with Gasteiger partial charge in [0.1, 0.15) is 5.82 Å². The molecule has 0 aliphatic carbocycles. The Hall–Kier alpha value is -2.10. The van der Waals surface area contributed by atoms with Crippen molar-refractivity contribution in [1.29, 1.82) is 0 Å². The minimum Gasteiger partial charge on any atom is -0.367 e. The lowest BCUT2D eigenvalue weighted by molar-refractivity contribution is 0.0720. The SMILES string of the molecule is CSc1ccc(S(=O)(=O)N2CCN(c3ccccc3F)CC2)cc1C(=O)N1CCCCC1. The molecule has 32 heavy (non-hydrogen) atoms. The number of carbonyl (C=O) groups excluding carboxylic acids is 1. The Bertz CT molecular complexity index is 1080. The minimum absolute atomic E-state index is 0.101. The van der Waals surface area contributed by atoms with Crippen LogP contribution in [-0.2, 0) is 10.0 Å². The summed E-state index contributed by atoms with van der Waals surface area (Å²) in [6.07, 6.45) is 4.96. The summed E-state index contributed by atoms with van der Waals surface area (Å²) in [5.41, 5.74) is 0.939. The molecule has 0 spiro atoms. The van der Waals surface area contributed by atoms with Gasteiger partial charge in [0.2, 0.25) is 10.0 Å². The number of piperidine rings is 1. The van der Waals surface area contributed by atoms with Crippen LogP contribution in [0.3, 0.4) is 0 Å². The molecule has 2 saturated heterocycles. The number of para-hydroxylation sites is 1. The van der Waals surface area contributed by atoms with Gasteiger partial charge in [-0.1, -0.05) is 12.1 Å². The highest BCUT2D eigenvalue weighted by molar-refractivity contribution is 7.98. The normalized spacial score (nSPS) is 18.1. The van der Waals surface area contributed by atoms with E-state index in [1.807, 2.05) is 16.1 Å². The first-order valence-electron chi connectivity index (χ1n) is 10.9. The van der Waals surface area contributed by atoms with Crippen LogP contribution in [0.5, 0.6) is 0 Å². The number of anilines is 1. The molecule has 2 fully saturated rings. The van der Waals surface area contributed by atoms with E-state index in [9.17, 15) is 17.6 Å². The molecule has 2 aliphatic heterocycles. The molecule has 4 rings (SSSR count). The number of benzene rings is 2. The highest BCUT2D eigenvalue weighted by Gasteiger charge is 2.31. The number of likely N-dealkylation sites (tertiary alicyclic amines) is 1. The zero-order valence-electron chi connectivity index (χ0n) is 18.2. The number of sulfonamides is 1. The Morgan fingerprint density at radius 3 is 2.28 bits per heavy atom. The van der Waals surface area contributed by atoms with Gasteiger partial charge in [0.15, 0.2) is 0 Å². The fourth-order valence-electron chi connectivity index (χ4n) is 4.31. The molecular weight excluding hydrogens is 449 g/mol. The summed E-state index contributed by atoms with van der Waals surface area (Å²) < 4.78 is 42.2. The third kappa shape index (κ3) is 4.65. The molecule has 0 bridgehead atoms. The van der Waals surface area contributed by atoms with Crippen LogP contribution in [0.25, 0.3) is 0 Å². The number of thioether (sulfide) groups is 1. The molecule has 0 saturated carbocycles. The maximum absolute atomic E-state index is 14.1. The first kappa shape index (κ1) is 23.1. The molecule has 1 amide bonds. The Morgan fingerprint density at radius 1 is 0.938 bits per heavy atom. The van der Waals surface area contributed by atoms with Crippen LogP contribution in [0.1, 0.15) is 29.6 Å². The largest absolute Gasteiger partial charge is 0.367 e. The van der Waals surface area contributed by atoms with Gasteiger partial charge in [-0.2, -0.15) is 4.31 Å². The second-order valence-corrected chi connectivity index (χ2v) is 10.8. The monoisotopic (exact) mass is 477 g/mol. The van der Waals surface area contributed by atoms with Crippen molar-refractivity contribution in [2.24, 2.45) is 0 Å². The Balaban J connectivity index is 1.54. The van der Waals surface area contributed by atoms with E-state index in [-0.39, 0.29) is 29.7 Å². The summed E-state index contributed by atoms with van der Waals surface area (Å²) >= 11 is 1.44. The molecule has 9 heteroatoms. The van der Waals surface area contributed by atoms with Crippen molar-refractivity contribution in [3.8, 4) is 0 Å². The smallest absolute Gasteiger partial charge is 0.255 e. The molecule has 2 aromatic rings. The van der Waals surface area contributed by atoms with Crippen LogP contribution in [-0.4, -0.2) is 69.1 Å². The van der Waals surface area contributed by atoms with Gasteiger partial charge in [-0.05, 0) is 55.9 Å². The van der Waals surface area contributed by atoms with E-state index in [1.54, 1.807) is 30.3 Å². The standard InChI is InChI=1S/C23H28FN3O3S2/c1-31-22-10-9-18(17-19(22)23(28)26-11-5-2-6-12-26)32(29,30)27-15-13-25(14-16-27)21-8-4-3-7-20(21)24/h3-4,7-10,17H,2,5-6,11-16H2,1H3. The topological polar surface area (TPSA) is 60.9 Å². The number of hydrogen-bond donors (Lipinski definition) is 0. The summed E-state index contributed by atoms with van der Waals surface area (Å²) in [4.78, 5) is 17.7. The van der Waals surface area contributed by atoms with E-state index in [1.165, 1.54) is 28.2 Å². The number of nitrogens with zero attached hydrogens (tertiary/aromatic N) is 3. The molecule has 0 aromatic heterocycles. The van der Waals surface area contributed by atoms with Crippen LogP contribution in [0.2, 0.25) is 0 Å². The van der Waals surface area contributed by atoms with E-state index < -0.39 is 10.0 Å². The zero-order valence-corrected chi connectivity index (χ0v) is 19.8. The number of rotatable bonds is 5. The Labute approximate surface area is 193 Å². The lowest BCUT2D eigenvalue weighted by Gasteiger charge is -2.35. The van der Waals surface area contributed by atoms with Crippen molar-refractivity contribution >= 4 is 33.4 Å². The van der Waals surface area contributed by atoms with Crippen LogP contribution >= 0.6 is 11.8 Å². The van der Waals surface area contributed by atoms with Crippen molar-refractivity contribution in [3.05, 3.63) is 53.8 Å². The second kappa shape index (κ2) is 9.80. The predicted octanol–water partition coefficient (Wildman–Crippen LogP) is 3.68. The number of amides is 1. The van der Waals surface area contributed by atoms with Crippen LogP contribution < -0.4 is 4.90 Å². The summed E-state index contributed by atoms with van der Waals surface area (Å²) in [7, 11) is -3.76. The predicted molar refractivity (Wildman–Crippen MR) is 125 cm³/mol. The summed E-state index contributed by atoms with van der Waals surface area (Å²) in [6.45, 7) is 2.75. The van der Waals surface area contributed by atoms with Gasteiger partial charge in [-0.3, -0.25) is 4.79 Å². The van der Waals surface area contributed by atoms with Gasteiger partial charge in [0, 0.05) is 44.2 Å². The third-order valence-corrected chi connectivity index (χ3v) is 8.80. The average Bonchev–Trinajstić information content (AvgIpc) is 2.84. The maximum Gasteiger partial charge on any atom is 0.255 e. The third-order valence-electron chi connectivity index (χ3n) is 6.11. The quantitative estimate of drug-likeness (QED) is 0.615. The molecule has 2 heterocycles. The number of halogens is 1.